The summed E-state index contributed by atoms with van der Waals surface area (Å²) in [6.07, 6.45) is 0.636. The van der Waals surface area contributed by atoms with Gasteiger partial charge in [-0.25, -0.2) is 0 Å². The molecule has 17 heavy (non-hydrogen) atoms. The van der Waals surface area contributed by atoms with Crippen LogP contribution in [0.1, 0.15) is 38.8 Å². The lowest BCUT2D eigenvalue weighted by atomic mass is 10.0. The monoisotopic (exact) mass is 237 g/mol. The summed E-state index contributed by atoms with van der Waals surface area (Å²) in [6.45, 7) is 6.71. The SMILES string of the molecule is CCC(NCC(O)C(C)C)c1ccc(O)cc1. The number of benzene rings is 1. The van der Waals surface area contributed by atoms with Gasteiger partial charge in [-0.05, 0) is 30.0 Å². The van der Waals surface area contributed by atoms with Gasteiger partial charge >= 0.3 is 0 Å². The van der Waals surface area contributed by atoms with Crippen LogP contribution < -0.4 is 5.32 Å². The molecule has 0 aliphatic rings. The maximum Gasteiger partial charge on any atom is 0.115 e. The van der Waals surface area contributed by atoms with Crippen molar-refractivity contribution in [3.63, 3.8) is 0 Å². The molecule has 0 bridgehead atoms. The molecule has 96 valence electrons. The number of phenolic OH excluding ortho intramolecular Hbond substituents is 1. The number of aliphatic hydroxyl groups excluding tert-OH is 1. The molecule has 0 aliphatic carbocycles. The van der Waals surface area contributed by atoms with Crippen LogP contribution >= 0.6 is 0 Å². The van der Waals surface area contributed by atoms with Crippen LogP contribution in [-0.4, -0.2) is 22.9 Å². The normalized spacial score (nSPS) is 14.9. The van der Waals surface area contributed by atoms with E-state index in [1.807, 2.05) is 26.0 Å². The van der Waals surface area contributed by atoms with E-state index in [9.17, 15) is 10.2 Å². The van der Waals surface area contributed by atoms with E-state index in [4.69, 9.17) is 0 Å². The van der Waals surface area contributed by atoms with Crippen molar-refractivity contribution in [1.29, 1.82) is 0 Å². The van der Waals surface area contributed by atoms with Crippen LogP contribution in [0.5, 0.6) is 5.75 Å². The Hall–Kier alpha value is -1.06. The average Bonchev–Trinajstić information content (AvgIpc) is 2.31. The van der Waals surface area contributed by atoms with Gasteiger partial charge in [-0.15, -0.1) is 0 Å². The molecule has 2 unspecified atom stereocenters. The van der Waals surface area contributed by atoms with Crippen LogP contribution in [0.2, 0.25) is 0 Å². The van der Waals surface area contributed by atoms with Crippen LogP contribution in [-0.2, 0) is 0 Å². The second kappa shape index (κ2) is 6.62. The summed E-state index contributed by atoms with van der Waals surface area (Å²) in [7, 11) is 0. The van der Waals surface area contributed by atoms with Gasteiger partial charge in [0.25, 0.3) is 0 Å². The predicted octanol–water partition coefficient (Wildman–Crippen LogP) is 2.45. The van der Waals surface area contributed by atoms with Gasteiger partial charge in [0.05, 0.1) is 6.10 Å². The van der Waals surface area contributed by atoms with E-state index < -0.39 is 0 Å². The molecular formula is C14H23NO2. The Morgan fingerprint density at radius 3 is 2.24 bits per heavy atom. The van der Waals surface area contributed by atoms with E-state index >= 15 is 0 Å². The molecule has 3 N–H and O–H groups in total. The topological polar surface area (TPSA) is 52.5 Å². The van der Waals surface area contributed by atoms with E-state index in [2.05, 4.69) is 12.2 Å². The molecule has 1 rings (SSSR count). The van der Waals surface area contributed by atoms with Crippen molar-refractivity contribution in [2.75, 3.05) is 6.54 Å². The number of aromatic hydroxyl groups is 1. The molecule has 0 aromatic heterocycles. The second-order valence-corrected chi connectivity index (χ2v) is 4.77. The highest BCUT2D eigenvalue weighted by molar-refractivity contribution is 5.27. The third kappa shape index (κ3) is 4.36. The van der Waals surface area contributed by atoms with Gasteiger partial charge in [0.15, 0.2) is 0 Å². The molecule has 2 atom stereocenters. The highest BCUT2D eigenvalue weighted by Crippen LogP contribution is 2.19. The molecule has 0 spiro atoms. The molecule has 0 amide bonds. The van der Waals surface area contributed by atoms with E-state index in [1.165, 1.54) is 0 Å². The molecule has 0 aliphatic heterocycles. The minimum absolute atomic E-state index is 0.226. The van der Waals surface area contributed by atoms with Gasteiger partial charge in [0, 0.05) is 12.6 Å². The zero-order valence-electron chi connectivity index (χ0n) is 10.9. The smallest absolute Gasteiger partial charge is 0.115 e. The summed E-state index contributed by atoms with van der Waals surface area (Å²) in [5, 5.41) is 22.4. The molecule has 0 fully saturated rings. The minimum atomic E-state index is -0.318. The number of hydrogen-bond acceptors (Lipinski definition) is 3. The van der Waals surface area contributed by atoms with Crippen molar-refractivity contribution < 1.29 is 10.2 Å². The number of phenols is 1. The lowest BCUT2D eigenvalue weighted by Gasteiger charge is -2.21. The Labute approximate surface area is 103 Å². The maximum absolute atomic E-state index is 9.76. The van der Waals surface area contributed by atoms with Gasteiger partial charge < -0.3 is 15.5 Å². The van der Waals surface area contributed by atoms with Gasteiger partial charge in [-0.1, -0.05) is 32.9 Å². The third-order valence-electron chi connectivity index (χ3n) is 3.05. The van der Waals surface area contributed by atoms with Crippen molar-refractivity contribution in [3.05, 3.63) is 29.8 Å². The minimum Gasteiger partial charge on any atom is -0.508 e. The van der Waals surface area contributed by atoms with Crippen molar-refractivity contribution in [1.82, 2.24) is 5.32 Å². The van der Waals surface area contributed by atoms with Crippen LogP contribution in [0.4, 0.5) is 0 Å². The first kappa shape index (κ1) is 14.0. The summed E-state index contributed by atoms with van der Waals surface area (Å²) in [5.74, 6) is 0.547. The van der Waals surface area contributed by atoms with E-state index in [0.29, 0.717) is 6.54 Å². The van der Waals surface area contributed by atoms with Gasteiger partial charge in [0.1, 0.15) is 5.75 Å². The fourth-order valence-electron chi connectivity index (χ4n) is 1.70. The first-order chi connectivity index (χ1) is 8.04. The highest BCUT2D eigenvalue weighted by atomic mass is 16.3. The van der Waals surface area contributed by atoms with Crippen molar-refractivity contribution in [2.45, 2.75) is 39.3 Å². The fourth-order valence-corrected chi connectivity index (χ4v) is 1.70. The Morgan fingerprint density at radius 2 is 1.76 bits per heavy atom. The number of aliphatic hydroxyl groups is 1. The summed E-state index contributed by atoms with van der Waals surface area (Å²) < 4.78 is 0. The molecular weight excluding hydrogens is 214 g/mol. The highest BCUT2D eigenvalue weighted by Gasteiger charge is 2.13. The standard InChI is InChI=1S/C14H23NO2/c1-4-13(15-9-14(17)10(2)3)11-5-7-12(16)8-6-11/h5-8,10,13-17H,4,9H2,1-3H3. The van der Waals surface area contributed by atoms with E-state index in [1.54, 1.807) is 12.1 Å². The molecule has 0 radical (unpaired) electrons. The van der Waals surface area contributed by atoms with Gasteiger partial charge in [-0.2, -0.15) is 0 Å². The number of nitrogens with one attached hydrogen (secondary N) is 1. The largest absolute Gasteiger partial charge is 0.508 e. The second-order valence-electron chi connectivity index (χ2n) is 4.77. The third-order valence-corrected chi connectivity index (χ3v) is 3.05. The number of hydrogen-bond donors (Lipinski definition) is 3. The van der Waals surface area contributed by atoms with Crippen molar-refractivity contribution in [3.8, 4) is 5.75 Å². The van der Waals surface area contributed by atoms with Crippen molar-refractivity contribution >= 4 is 0 Å². The zero-order chi connectivity index (χ0) is 12.8. The average molecular weight is 237 g/mol. The molecule has 0 heterocycles. The number of rotatable bonds is 6. The Bertz CT molecular complexity index is 321. The van der Waals surface area contributed by atoms with E-state index in [0.717, 1.165) is 12.0 Å². The quantitative estimate of drug-likeness (QED) is 0.712. The van der Waals surface area contributed by atoms with Gasteiger partial charge in [-0.3, -0.25) is 0 Å². The summed E-state index contributed by atoms with van der Waals surface area (Å²) in [6, 6.07) is 7.44. The Morgan fingerprint density at radius 1 is 1.18 bits per heavy atom. The lowest BCUT2D eigenvalue weighted by Crippen LogP contribution is -2.33. The molecule has 0 saturated heterocycles. The first-order valence-electron chi connectivity index (χ1n) is 6.25. The molecule has 3 nitrogen and oxygen atoms in total. The Balaban J connectivity index is 2.57. The molecule has 0 saturated carbocycles. The molecule has 1 aromatic rings. The molecule has 3 heteroatoms. The summed E-state index contributed by atoms with van der Waals surface area (Å²) >= 11 is 0. The van der Waals surface area contributed by atoms with Crippen molar-refractivity contribution in [2.24, 2.45) is 5.92 Å². The van der Waals surface area contributed by atoms with Gasteiger partial charge in [0.2, 0.25) is 0 Å². The zero-order valence-corrected chi connectivity index (χ0v) is 10.9. The summed E-state index contributed by atoms with van der Waals surface area (Å²) in [5.41, 5.74) is 1.14. The lowest BCUT2D eigenvalue weighted by molar-refractivity contribution is 0.120. The van der Waals surface area contributed by atoms with Crippen LogP contribution in [0.25, 0.3) is 0 Å². The van der Waals surface area contributed by atoms with E-state index in [-0.39, 0.29) is 23.8 Å². The van der Waals surface area contributed by atoms with Crippen LogP contribution in [0, 0.1) is 5.92 Å². The summed E-state index contributed by atoms with van der Waals surface area (Å²) in [4.78, 5) is 0. The van der Waals surface area contributed by atoms with Crippen LogP contribution in [0.3, 0.4) is 0 Å². The predicted molar refractivity (Wildman–Crippen MR) is 70.0 cm³/mol. The van der Waals surface area contributed by atoms with Crippen LogP contribution in [0.15, 0.2) is 24.3 Å². The maximum atomic E-state index is 9.76. The fraction of sp³-hybridized carbons (Fsp3) is 0.571. The Kier molecular flexibility index (Phi) is 5.45. The first-order valence-corrected chi connectivity index (χ1v) is 6.25. The molecule has 1 aromatic carbocycles.